The minimum atomic E-state index is -1.01. The van der Waals surface area contributed by atoms with Crippen molar-refractivity contribution in [3.8, 4) is 0 Å². The summed E-state index contributed by atoms with van der Waals surface area (Å²) < 4.78 is 6.70. The maximum atomic E-state index is 12.1. The molecule has 10 heteroatoms. The Hall–Kier alpha value is -2.01. The third-order valence-electron chi connectivity index (χ3n) is 4.09. The molecule has 1 saturated heterocycles. The molecule has 0 bridgehead atoms. The van der Waals surface area contributed by atoms with E-state index in [0.717, 1.165) is 0 Å². The highest BCUT2D eigenvalue weighted by molar-refractivity contribution is 5.72. The van der Waals surface area contributed by atoms with Crippen molar-refractivity contribution in [1.29, 1.82) is 0 Å². The molecule has 0 saturated carbocycles. The summed E-state index contributed by atoms with van der Waals surface area (Å²) in [4.78, 5) is 26.6. The number of aliphatic hydroxyl groups excluding tert-OH is 2. The Bertz CT molecular complexity index is 637. The first-order valence-corrected chi connectivity index (χ1v) is 8.18. The van der Waals surface area contributed by atoms with Crippen molar-refractivity contribution < 1.29 is 24.9 Å². The van der Waals surface area contributed by atoms with Crippen LogP contribution in [0.15, 0.2) is 17.1 Å². The van der Waals surface area contributed by atoms with Crippen molar-refractivity contribution >= 4 is 11.8 Å². The molecule has 10 nitrogen and oxygen atoms in total. The van der Waals surface area contributed by atoms with Crippen LogP contribution < -0.4 is 16.7 Å². The number of anilines is 1. The molecule has 6 N–H and O–H groups in total. The number of nitrogens with one attached hydrogen (secondary N) is 1. The molecule has 1 fully saturated rings. The van der Waals surface area contributed by atoms with Gasteiger partial charge < -0.3 is 31.1 Å². The van der Waals surface area contributed by atoms with Crippen molar-refractivity contribution in [2.75, 3.05) is 18.5 Å². The Morgan fingerprint density at radius 1 is 1.52 bits per heavy atom. The fourth-order valence-corrected chi connectivity index (χ4v) is 2.61. The van der Waals surface area contributed by atoms with Gasteiger partial charge in [-0.25, -0.2) is 4.79 Å². The van der Waals surface area contributed by atoms with Crippen LogP contribution in [-0.2, 0) is 9.53 Å². The Morgan fingerprint density at radius 3 is 2.88 bits per heavy atom. The van der Waals surface area contributed by atoms with Crippen LogP contribution in [-0.4, -0.2) is 62.2 Å². The van der Waals surface area contributed by atoms with Crippen molar-refractivity contribution in [1.82, 2.24) is 9.55 Å². The lowest BCUT2D eigenvalue weighted by atomic mass is 10.1. The predicted molar refractivity (Wildman–Crippen MR) is 88.1 cm³/mol. The molecule has 0 spiro atoms. The van der Waals surface area contributed by atoms with Crippen molar-refractivity contribution in [2.24, 2.45) is 5.73 Å². The first kappa shape index (κ1) is 19.3. The summed E-state index contributed by atoms with van der Waals surface area (Å²) in [5.41, 5.74) is 4.89. The zero-order valence-electron chi connectivity index (χ0n) is 13.7. The largest absolute Gasteiger partial charge is 0.480 e. The second-order valence-corrected chi connectivity index (χ2v) is 5.98. The number of aliphatic carboxylic acids is 1. The van der Waals surface area contributed by atoms with Crippen LogP contribution in [0.2, 0.25) is 0 Å². The second kappa shape index (κ2) is 8.90. The second-order valence-electron chi connectivity index (χ2n) is 5.98. The van der Waals surface area contributed by atoms with E-state index in [1.54, 1.807) is 6.07 Å². The van der Waals surface area contributed by atoms with E-state index in [4.69, 9.17) is 20.7 Å². The average Bonchev–Trinajstić information content (AvgIpc) is 2.95. The molecule has 140 valence electrons. The van der Waals surface area contributed by atoms with E-state index < -0.39 is 36.1 Å². The lowest BCUT2D eigenvalue weighted by Gasteiger charge is -2.14. The molecule has 0 amide bonds. The highest BCUT2D eigenvalue weighted by atomic mass is 16.5. The van der Waals surface area contributed by atoms with E-state index in [-0.39, 0.29) is 13.0 Å². The van der Waals surface area contributed by atoms with Gasteiger partial charge in [-0.3, -0.25) is 9.36 Å². The summed E-state index contributed by atoms with van der Waals surface area (Å²) in [5.74, 6) is -0.609. The number of carbonyl (C=O) groups is 1. The molecule has 1 aliphatic rings. The summed E-state index contributed by atoms with van der Waals surface area (Å²) >= 11 is 0. The standard InChI is InChI=1S/C15H24N4O6/c16-9(14(22)23)3-1-2-5-17-12-4-6-19(15(24)18-12)13-7-10(21)11(8-20)25-13/h4,6,9-11,13,20-21H,1-3,5,7-8,16H2,(H,22,23)(H,17,18,24)/t9-,10-,11+,13+/m0/s1. The zero-order valence-corrected chi connectivity index (χ0v) is 13.7. The molecular weight excluding hydrogens is 332 g/mol. The number of carboxylic acids is 1. The molecule has 2 heterocycles. The molecule has 1 aromatic heterocycles. The molecule has 0 unspecified atom stereocenters. The lowest BCUT2D eigenvalue weighted by Crippen LogP contribution is -2.30. The van der Waals surface area contributed by atoms with E-state index in [2.05, 4.69) is 10.3 Å². The van der Waals surface area contributed by atoms with Crippen LogP contribution in [0.3, 0.4) is 0 Å². The number of rotatable bonds is 9. The molecule has 4 atom stereocenters. The Balaban J connectivity index is 1.82. The highest BCUT2D eigenvalue weighted by Gasteiger charge is 2.34. The number of nitrogens with zero attached hydrogens (tertiary/aromatic N) is 2. The van der Waals surface area contributed by atoms with Crippen LogP contribution in [0.4, 0.5) is 5.82 Å². The maximum Gasteiger partial charge on any atom is 0.351 e. The first-order chi connectivity index (χ1) is 11.9. The minimum Gasteiger partial charge on any atom is -0.480 e. The van der Waals surface area contributed by atoms with E-state index >= 15 is 0 Å². The molecule has 0 aliphatic carbocycles. The predicted octanol–water partition coefficient (Wildman–Crippen LogP) is -1.12. The summed E-state index contributed by atoms with van der Waals surface area (Å²) in [6.07, 6.45) is 1.29. The van der Waals surface area contributed by atoms with Gasteiger partial charge in [0.05, 0.1) is 12.7 Å². The molecule has 1 aliphatic heterocycles. The summed E-state index contributed by atoms with van der Waals surface area (Å²) in [5, 5.41) is 30.5. The quantitative estimate of drug-likeness (QED) is 0.345. The number of aromatic nitrogens is 2. The number of aliphatic hydroxyl groups is 2. The summed E-state index contributed by atoms with van der Waals surface area (Å²) in [7, 11) is 0. The van der Waals surface area contributed by atoms with Gasteiger partial charge in [-0.1, -0.05) is 0 Å². The lowest BCUT2D eigenvalue weighted by molar-refractivity contribution is -0.138. The highest BCUT2D eigenvalue weighted by Crippen LogP contribution is 2.27. The van der Waals surface area contributed by atoms with Gasteiger partial charge in [0.1, 0.15) is 24.2 Å². The SMILES string of the molecule is N[C@@H](CCCCNc1ccn([C@H]2C[C@H](O)[C@@H](CO)O2)c(=O)n1)C(=O)O. The minimum absolute atomic E-state index is 0.212. The van der Waals surface area contributed by atoms with E-state index in [0.29, 0.717) is 31.6 Å². The zero-order chi connectivity index (χ0) is 18.4. The van der Waals surface area contributed by atoms with Crippen molar-refractivity contribution in [2.45, 2.75) is 50.2 Å². The topological polar surface area (TPSA) is 160 Å². The monoisotopic (exact) mass is 356 g/mol. The van der Waals surface area contributed by atoms with Crippen LogP contribution in [0, 0.1) is 0 Å². The number of carboxylic acid groups (broad SMARTS) is 1. The summed E-state index contributed by atoms with van der Waals surface area (Å²) in [6.45, 7) is 0.221. The van der Waals surface area contributed by atoms with E-state index in [9.17, 15) is 14.7 Å². The molecular formula is C15H24N4O6. The smallest absolute Gasteiger partial charge is 0.351 e. The Kier molecular flexibility index (Phi) is 6.88. The molecule has 0 radical (unpaired) electrons. The van der Waals surface area contributed by atoms with Gasteiger partial charge in [0, 0.05) is 19.2 Å². The molecule has 1 aromatic rings. The Labute approximate surface area is 144 Å². The van der Waals surface area contributed by atoms with Crippen LogP contribution >= 0.6 is 0 Å². The van der Waals surface area contributed by atoms with Gasteiger partial charge in [-0.05, 0) is 25.3 Å². The fourth-order valence-electron chi connectivity index (χ4n) is 2.61. The average molecular weight is 356 g/mol. The van der Waals surface area contributed by atoms with Gasteiger partial charge in [0.2, 0.25) is 0 Å². The van der Waals surface area contributed by atoms with Crippen LogP contribution in [0.25, 0.3) is 0 Å². The number of nitrogens with two attached hydrogens (primary N) is 1. The van der Waals surface area contributed by atoms with Crippen LogP contribution in [0.1, 0.15) is 31.9 Å². The fraction of sp³-hybridized carbons (Fsp3) is 0.667. The van der Waals surface area contributed by atoms with Gasteiger partial charge >= 0.3 is 11.7 Å². The normalized spacial score (nSPS) is 24.2. The molecule has 25 heavy (non-hydrogen) atoms. The van der Waals surface area contributed by atoms with Crippen LogP contribution in [0.5, 0.6) is 0 Å². The number of hydrogen-bond acceptors (Lipinski definition) is 8. The van der Waals surface area contributed by atoms with Gasteiger partial charge in [-0.2, -0.15) is 4.98 Å². The van der Waals surface area contributed by atoms with Gasteiger partial charge in [0.15, 0.2) is 0 Å². The third kappa shape index (κ3) is 5.23. The number of ether oxygens (including phenoxy) is 1. The number of hydrogen-bond donors (Lipinski definition) is 5. The van der Waals surface area contributed by atoms with Crippen molar-refractivity contribution in [3.63, 3.8) is 0 Å². The first-order valence-electron chi connectivity index (χ1n) is 8.18. The number of unbranched alkanes of at least 4 members (excludes halogenated alkanes) is 1. The molecule has 0 aromatic carbocycles. The van der Waals surface area contributed by atoms with E-state index in [1.807, 2.05) is 0 Å². The summed E-state index contributed by atoms with van der Waals surface area (Å²) in [6, 6.07) is 0.762. The van der Waals surface area contributed by atoms with E-state index in [1.165, 1.54) is 10.8 Å². The van der Waals surface area contributed by atoms with Crippen molar-refractivity contribution in [3.05, 3.63) is 22.7 Å². The van der Waals surface area contributed by atoms with Gasteiger partial charge in [0.25, 0.3) is 0 Å². The van der Waals surface area contributed by atoms with Gasteiger partial charge in [-0.15, -0.1) is 0 Å². The third-order valence-corrected chi connectivity index (χ3v) is 4.09. The maximum absolute atomic E-state index is 12.1. The Morgan fingerprint density at radius 2 is 2.28 bits per heavy atom. The molecule has 2 rings (SSSR count).